The predicted molar refractivity (Wildman–Crippen MR) is 80.2 cm³/mol. The number of nitrogens with two attached hydrogens (primary N) is 1. The Morgan fingerprint density at radius 3 is 2.68 bits per heavy atom. The summed E-state index contributed by atoms with van der Waals surface area (Å²) in [4.78, 5) is 12.3. The van der Waals surface area contributed by atoms with Gasteiger partial charge in [-0.15, -0.1) is 0 Å². The first-order valence-electron chi connectivity index (χ1n) is 6.80. The zero-order valence-corrected chi connectivity index (χ0v) is 12.2. The van der Waals surface area contributed by atoms with E-state index >= 15 is 0 Å². The van der Waals surface area contributed by atoms with Gasteiger partial charge >= 0.3 is 5.63 Å². The lowest BCUT2D eigenvalue weighted by Crippen LogP contribution is -2.26. The van der Waals surface area contributed by atoms with Gasteiger partial charge in [0.25, 0.3) is 0 Å². The second kappa shape index (κ2) is 5.08. The maximum Gasteiger partial charge on any atom is 0.343 e. The monoisotopic (exact) mass is 294 g/mol. The Hall–Kier alpha value is -3.00. The van der Waals surface area contributed by atoms with Crippen molar-refractivity contribution in [1.29, 1.82) is 5.26 Å². The Morgan fingerprint density at radius 1 is 1.27 bits per heavy atom. The summed E-state index contributed by atoms with van der Waals surface area (Å²) >= 11 is 0. The Bertz CT molecular complexity index is 888. The van der Waals surface area contributed by atoms with Gasteiger partial charge in [-0.1, -0.05) is 24.3 Å². The van der Waals surface area contributed by atoms with Crippen LogP contribution in [-0.2, 0) is 0 Å². The highest BCUT2D eigenvalue weighted by Gasteiger charge is 2.34. The highest BCUT2D eigenvalue weighted by molar-refractivity contribution is 5.55. The summed E-state index contributed by atoms with van der Waals surface area (Å²) < 4.78 is 10.7. The maximum atomic E-state index is 12.3. The molecule has 0 saturated carbocycles. The fourth-order valence-electron chi connectivity index (χ4n) is 2.74. The predicted octanol–water partition coefficient (Wildman–Crippen LogP) is 2.47. The van der Waals surface area contributed by atoms with E-state index in [1.807, 2.05) is 31.2 Å². The van der Waals surface area contributed by atoms with Gasteiger partial charge in [0.15, 0.2) is 0 Å². The van der Waals surface area contributed by atoms with Crippen molar-refractivity contribution in [2.75, 3.05) is 0 Å². The number of fused-ring (bicyclic) bond motifs is 1. The van der Waals surface area contributed by atoms with Crippen LogP contribution >= 0.6 is 0 Å². The first-order valence-corrected chi connectivity index (χ1v) is 6.80. The lowest BCUT2D eigenvalue weighted by atomic mass is 9.82. The van der Waals surface area contributed by atoms with Crippen molar-refractivity contribution in [1.82, 2.24) is 0 Å². The highest BCUT2D eigenvalue weighted by Crippen LogP contribution is 2.41. The summed E-state index contributed by atoms with van der Waals surface area (Å²) in [6.45, 7) is 3.58. The minimum Gasteiger partial charge on any atom is -0.440 e. The molecular formula is C17H14N2O3. The Labute approximate surface area is 127 Å². The number of allylic oxidation sites excluding steroid dienone is 1. The second-order valence-corrected chi connectivity index (χ2v) is 5.20. The van der Waals surface area contributed by atoms with Crippen molar-refractivity contribution >= 4 is 0 Å². The molecule has 1 aromatic carbocycles. The molecule has 0 spiro atoms. The van der Waals surface area contributed by atoms with Crippen LogP contribution in [0.25, 0.3) is 0 Å². The summed E-state index contributed by atoms with van der Waals surface area (Å²) in [5.74, 6) is 0.221. The molecule has 1 aliphatic rings. The largest absolute Gasteiger partial charge is 0.440 e. The summed E-state index contributed by atoms with van der Waals surface area (Å²) in [7, 11) is 0. The summed E-state index contributed by atoms with van der Waals surface area (Å²) in [5.41, 5.74) is 7.70. The van der Waals surface area contributed by atoms with Gasteiger partial charge in [-0.2, -0.15) is 5.26 Å². The highest BCUT2D eigenvalue weighted by atomic mass is 16.5. The third kappa shape index (κ3) is 2.06. The molecule has 110 valence electrons. The van der Waals surface area contributed by atoms with Crippen LogP contribution in [0.1, 0.15) is 28.4 Å². The smallest absolute Gasteiger partial charge is 0.343 e. The van der Waals surface area contributed by atoms with Gasteiger partial charge in [0, 0.05) is 6.07 Å². The van der Waals surface area contributed by atoms with Gasteiger partial charge in [-0.3, -0.25) is 0 Å². The van der Waals surface area contributed by atoms with Crippen LogP contribution in [-0.4, -0.2) is 0 Å². The zero-order chi connectivity index (χ0) is 15.9. The van der Waals surface area contributed by atoms with E-state index in [9.17, 15) is 10.1 Å². The van der Waals surface area contributed by atoms with Crippen LogP contribution in [0.3, 0.4) is 0 Å². The van der Waals surface area contributed by atoms with Gasteiger partial charge in [-0.25, -0.2) is 4.79 Å². The molecule has 2 aromatic rings. The van der Waals surface area contributed by atoms with Crippen molar-refractivity contribution in [3.63, 3.8) is 0 Å². The lowest BCUT2D eigenvalue weighted by Gasteiger charge is -2.26. The molecule has 5 nitrogen and oxygen atoms in total. The van der Waals surface area contributed by atoms with E-state index in [0.29, 0.717) is 17.1 Å². The van der Waals surface area contributed by atoms with E-state index in [1.54, 1.807) is 13.0 Å². The molecule has 22 heavy (non-hydrogen) atoms. The summed E-state index contributed by atoms with van der Waals surface area (Å²) in [6.07, 6.45) is 0. The fraction of sp³-hybridized carbons (Fsp3) is 0.176. The third-order valence-electron chi connectivity index (χ3n) is 3.76. The molecule has 0 fully saturated rings. The molecule has 1 atom stereocenters. The molecular weight excluding hydrogens is 280 g/mol. The van der Waals surface area contributed by atoms with Gasteiger partial charge in [0.1, 0.15) is 23.2 Å². The molecule has 0 amide bonds. The van der Waals surface area contributed by atoms with Gasteiger partial charge in [0.05, 0.1) is 11.5 Å². The Morgan fingerprint density at radius 2 is 2.00 bits per heavy atom. The van der Waals surface area contributed by atoms with E-state index in [2.05, 4.69) is 6.07 Å². The van der Waals surface area contributed by atoms with Crippen LogP contribution in [0, 0.1) is 25.2 Å². The van der Waals surface area contributed by atoms with Crippen molar-refractivity contribution in [3.05, 3.63) is 74.7 Å². The van der Waals surface area contributed by atoms with Crippen LogP contribution in [0.4, 0.5) is 0 Å². The average molecular weight is 294 g/mol. The number of hydrogen-bond donors (Lipinski definition) is 1. The number of benzene rings is 1. The summed E-state index contributed by atoms with van der Waals surface area (Å²) in [6, 6.07) is 11.2. The van der Waals surface area contributed by atoms with E-state index in [-0.39, 0.29) is 11.5 Å². The van der Waals surface area contributed by atoms with E-state index in [1.165, 1.54) is 0 Å². The minimum atomic E-state index is -0.577. The third-order valence-corrected chi connectivity index (χ3v) is 3.76. The van der Waals surface area contributed by atoms with Crippen molar-refractivity contribution in [2.24, 2.45) is 5.73 Å². The molecule has 0 saturated heterocycles. The lowest BCUT2D eigenvalue weighted by molar-refractivity contribution is 0.371. The zero-order valence-electron chi connectivity index (χ0n) is 12.2. The first kappa shape index (κ1) is 14.0. The number of nitrogens with zero attached hydrogens (tertiary/aromatic N) is 1. The van der Waals surface area contributed by atoms with Crippen LogP contribution in [0.15, 0.2) is 51.0 Å². The van der Waals surface area contributed by atoms with Crippen molar-refractivity contribution in [2.45, 2.75) is 19.8 Å². The Kier molecular flexibility index (Phi) is 3.22. The number of hydrogen-bond acceptors (Lipinski definition) is 5. The maximum absolute atomic E-state index is 12.3. The van der Waals surface area contributed by atoms with Gasteiger partial charge in [0.2, 0.25) is 5.88 Å². The van der Waals surface area contributed by atoms with Gasteiger partial charge in [-0.05, 0) is 25.0 Å². The topological polar surface area (TPSA) is 89.2 Å². The Balaban J connectivity index is 2.35. The van der Waals surface area contributed by atoms with Crippen LogP contribution in [0.5, 0.6) is 5.75 Å². The van der Waals surface area contributed by atoms with E-state index in [0.717, 1.165) is 11.1 Å². The number of rotatable bonds is 1. The molecule has 3 rings (SSSR count). The molecule has 0 aliphatic carbocycles. The average Bonchev–Trinajstić information content (AvgIpc) is 2.46. The van der Waals surface area contributed by atoms with E-state index < -0.39 is 11.5 Å². The quantitative estimate of drug-likeness (QED) is 0.872. The minimum absolute atomic E-state index is 0.0215. The molecule has 0 bridgehead atoms. The standard InChI is InChI=1S/C17H14N2O3/c1-9-5-3-4-6-11(9)14-12(8-18)16(19)22-13-7-10(2)21-17(20)15(13)14/h3-7,14H,19H2,1-2H3/t14-/m1/s1. The normalized spacial score (nSPS) is 16.7. The molecule has 0 radical (unpaired) electrons. The number of nitriles is 1. The molecule has 2 heterocycles. The molecule has 2 N–H and O–H groups in total. The SMILES string of the molecule is Cc1cc2c(c(=O)o1)[C@H](c1ccccc1C)C(C#N)=C(N)O2. The second-order valence-electron chi connectivity index (χ2n) is 5.20. The van der Waals surface area contributed by atoms with Crippen molar-refractivity contribution in [3.8, 4) is 11.8 Å². The number of ether oxygens (including phenoxy) is 1. The van der Waals surface area contributed by atoms with E-state index in [4.69, 9.17) is 14.9 Å². The summed E-state index contributed by atoms with van der Waals surface area (Å²) in [5, 5.41) is 9.45. The number of aryl methyl sites for hydroxylation is 2. The molecule has 5 heteroatoms. The fourth-order valence-corrected chi connectivity index (χ4v) is 2.74. The first-order chi connectivity index (χ1) is 10.5. The molecule has 1 aliphatic heterocycles. The molecule has 1 aromatic heterocycles. The van der Waals surface area contributed by atoms with Crippen LogP contribution in [0.2, 0.25) is 0 Å². The van der Waals surface area contributed by atoms with Crippen LogP contribution < -0.4 is 16.1 Å². The molecule has 0 unspecified atom stereocenters. The van der Waals surface area contributed by atoms with Gasteiger partial charge < -0.3 is 14.9 Å². The van der Waals surface area contributed by atoms with Crippen molar-refractivity contribution < 1.29 is 9.15 Å².